The molecule has 0 aromatic heterocycles. The van der Waals surface area contributed by atoms with Gasteiger partial charge in [0.15, 0.2) is 11.5 Å². The summed E-state index contributed by atoms with van der Waals surface area (Å²) in [5.41, 5.74) is 6.59. The van der Waals surface area contributed by atoms with Gasteiger partial charge in [0.2, 0.25) is 12.7 Å². The van der Waals surface area contributed by atoms with Gasteiger partial charge in [0.1, 0.15) is 0 Å². The number of carboxylic acids is 1. The Bertz CT molecular complexity index is 906. The largest absolute Gasteiger partial charge is 0.481 e. The van der Waals surface area contributed by atoms with Crippen molar-refractivity contribution in [1.82, 2.24) is 9.80 Å². The number of hydrogen-bond acceptors (Lipinski definition) is 6. The van der Waals surface area contributed by atoms with Crippen LogP contribution in [0.5, 0.6) is 11.5 Å². The topological polar surface area (TPSA) is 105 Å². The molecular formula is C29H47N3O5. The number of benzene rings is 1. The number of hydrogen-bond donors (Lipinski definition) is 2. The molecule has 2 aliphatic heterocycles. The molecule has 0 bridgehead atoms. The van der Waals surface area contributed by atoms with Crippen LogP contribution in [0.4, 0.5) is 0 Å². The number of aliphatic carboxylic acids is 1. The highest BCUT2D eigenvalue weighted by molar-refractivity contribution is 5.79. The number of carbonyl (C=O) groups excluding carboxylic acids is 1. The molecule has 0 aliphatic carbocycles. The number of carboxylic acid groups (broad SMARTS) is 1. The minimum atomic E-state index is -0.805. The number of ether oxygens (including phenoxy) is 2. The second kappa shape index (κ2) is 13.5. The van der Waals surface area contributed by atoms with Crippen molar-refractivity contribution in [2.24, 2.45) is 17.1 Å². The van der Waals surface area contributed by atoms with Crippen molar-refractivity contribution >= 4 is 11.9 Å². The SMILES string of the molecule is CCCCN(CCCCN)C(=O)CN1C[C@H](c2ccc3c(c2)OCO3)C(C(=O)O)[C@@H]1CC(C)(C)CCC. The normalized spacial score (nSPS) is 21.4. The Morgan fingerprint density at radius 2 is 1.84 bits per heavy atom. The van der Waals surface area contributed by atoms with Crippen LogP contribution in [-0.4, -0.2) is 72.3 Å². The van der Waals surface area contributed by atoms with E-state index in [4.69, 9.17) is 15.2 Å². The summed E-state index contributed by atoms with van der Waals surface area (Å²) >= 11 is 0. The van der Waals surface area contributed by atoms with Gasteiger partial charge in [0.25, 0.3) is 0 Å². The fourth-order valence-electron chi connectivity index (χ4n) is 6.00. The van der Waals surface area contributed by atoms with Crippen molar-refractivity contribution in [2.45, 2.75) is 84.6 Å². The first-order chi connectivity index (χ1) is 17.7. The van der Waals surface area contributed by atoms with Crippen LogP contribution in [0.3, 0.4) is 0 Å². The molecule has 0 radical (unpaired) electrons. The van der Waals surface area contributed by atoms with Crippen LogP contribution in [0.15, 0.2) is 18.2 Å². The van der Waals surface area contributed by atoms with Gasteiger partial charge in [-0.25, -0.2) is 0 Å². The lowest BCUT2D eigenvalue weighted by molar-refractivity contribution is -0.144. The highest BCUT2D eigenvalue weighted by atomic mass is 16.7. The van der Waals surface area contributed by atoms with Crippen LogP contribution in [0.25, 0.3) is 0 Å². The lowest BCUT2D eigenvalue weighted by Crippen LogP contribution is -2.46. The predicted molar refractivity (Wildman–Crippen MR) is 145 cm³/mol. The van der Waals surface area contributed by atoms with E-state index in [9.17, 15) is 14.7 Å². The third-order valence-corrected chi connectivity index (χ3v) is 7.90. The van der Waals surface area contributed by atoms with E-state index in [-0.39, 0.29) is 36.6 Å². The molecule has 37 heavy (non-hydrogen) atoms. The maximum atomic E-state index is 13.6. The molecule has 208 valence electrons. The molecule has 1 aromatic rings. The Kier molecular flexibility index (Phi) is 10.6. The molecule has 8 nitrogen and oxygen atoms in total. The molecule has 1 amide bonds. The second-order valence-corrected chi connectivity index (χ2v) is 11.4. The van der Waals surface area contributed by atoms with Crippen LogP contribution < -0.4 is 15.2 Å². The molecule has 2 heterocycles. The van der Waals surface area contributed by atoms with Gasteiger partial charge in [0.05, 0.1) is 12.5 Å². The first-order valence-electron chi connectivity index (χ1n) is 14.0. The van der Waals surface area contributed by atoms with Crippen molar-refractivity contribution in [2.75, 3.05) is 39.5 Å². The Labute approximate surface area is 222 Å². The number of unbranched alkanes of at least 4 members (excludes halogenated alkanes) is 2. The zero-order valence-corrected chi connectivity index (χ0v) is 23.2. The van der Waals surface area contributed by atoms with Crippen molar-refractivity contribution in [3.63, 3.8) is 0 Å². The summed E-state index contributed by atoms with van der Waals surface area (Å²) in [5, 5.41) is 10.5. The molecule has 3 N–H and O–H groups in total. The Balaban J connectivity index is 1.88. The molecule has 3 atom stereocenters. The third-order valence-electron chi connectivity index (χ3n) is 7.90. The number of carbonyl (C=O) groups is 2. The zero-order chi connectivity index (χ0) is 27.0. The van der Waals surface area contributed by atoms with Crippen LogP contribution in [0.2, 0.25) is 0 Å². The summed E-state index contributed by atoms with van der Waals surface area (Å²) in [6, 6.07) is 5.51. The van der Waals surface area contributed by atoms with Gasteiger partial charge in [-0.1, -0.05) is 46.6 Å². The molecule has 3 rings (SSSR count). The molecule has 0 spiro atoms. The fraction of sp³-hybridized carbons (Fsp3) is 0.724. The quantitative estimate of drug-likeness (QED) is 0.331. The first kappa shape index (κ1) is 29.2. The van der Waals surface area contributed by atoms with E-state index in [1.54, 1.807) is 0 Å². The van der Waals surface area contributed by atoms with Crippen molar-refractivity contribution < 1.29 is 24.2 Å². The van der Waals surface area contributed by atoms with Crippen LogP contribution >= 0.6 is 0 Å². The van der Waals surface area contributed by atoms with E-state index in [1.165, 1.54) is 0 Å². The van der Waals surface area contributed by atoms with Crippen molar-refractivity contribution in [3.05, 3.63) is 23.8 Å². The molecule has 1 aromatic carbocycles. The molecule has 0 saturated carbocycles. The predicted octanol–water partition coefficient (Wildman–Crippen LogP) is 4.47. The van der Waals surface area contributed by atoms with E-state index in [1.807, 2.05) is 23.1 Å². The van der Waals surface area contributed by atoms with Gasteiger partial charge >= 0.3 is 5.97 Å². The highest BCUT2D eigenvalue weighted by Crippen LogP contribution is 2.45. The molecular weight excluding hydrogens is 470 g/mol. The van der Waals surface area contributed by atoms with Gasteiger partial charge in [-0.3, -0.25) is 14.5 Å². The summed E-state index contributed by atoms with van der Waals surface area (Å²) in [5.74, 6) is -0.218. The second-order valence-electron chi connectivity index (χ2n) is 11.4. The fourth-order valence-corrected chi connectivity index (χ4v) is 6.00. The number of amides is 1. The minimum Gasteiger partial charge on any atom is -0.481 e. The Hall–Kier alpha value is -2.32. The van der Waals surface area contributed by atoms with E-state index >= 15 is 0 Å². The third kappa shape index (κ3) is 7.60. The molecule has 1 fully saturated rings. The lowest BCUT2D eigenvalue weighted by atomic mass is 9.76. The van der Waals surface area contributed by atoms with E-state index in [0.29, 0.717) is 31.1 Å². The monoisotopic (exact) mass is 517 g/mol. The number of fused-ring (bicyclic) bond motifs is 1. The van der Waals surface area contributed by atoms with E-state index in [0.717, 1.165) is 57.1 Å². The molecule has 2 aliphatic rings. The zero-order valence-electron chi connectivity index (χ0n) is 23.2. The standard InChI is InChI=1S/C29H47N3O5/c1-5-7-14-31(15-9-8-13-30)26(33)19-32-18-22(21-10-11-24-25(16-21)37-20-36-24)27(28(34)35)23(32)17-29(3,4)12-6-2/h10-11,16,22-23,27H,5-9,12-15,17-20,30H2,1-4H3,(H,34,35)/t22-,23+,27?/m1/s1. The van der Waals surface area contributed by atoms with Gasteiger partial charge in [0, 0.05) is 31.6 Å². The average Bonchev–Trinajstić information content (AvgIpc) is 3.45. The van der Waals surface area contributed by atoms with Gasteiger partial charge in [-0.15, -0.1) is 0 Å². The highest BCUT2D eigenvalue weighted by Gasteiger charge is 2.48. The maximum absolute atomic E-state index is 13.6. The van der Waals surface area contributed by atoms with Crippen molar-refractivity contribution in [3.8, 4) is 11.5 Å². The molecule has 1 unspecified atom stereocenters. The summed E-state index contributed by atoms with van der Waals surface area (Å²) in [6.45, 7) is 11.7. The molecule has 8 heteroatoms. The summed E-state index contributed by atoms with van der Waals surface area (Å²) in [6.07, 6.45) is 6.53. The van der Waals surface area contributed by atoms with Gasteiger partial charge in [-0.2, -0.15) is 0 Å². The van der Waals surface area contributed by atoms with Gasteiger partial charge in [-0.05, 0) is 61.8 Å². The summed E-state index contributed by atoms with van der Waals surface area (Å²) in [4.78, 5) is 30.4. The number of nitrogens with two attached hydrogens (primary N) is 1. The first-order valence-corrected chi connectivity index (χ1v) is 14.0. The molecule has 1 saturated heterocycles. The number of likely N-dealkylation sites (tertiary alicyclic amines) is 1. The van der Waals surface area contributed by atoms with E-state index in [2.05, 4.69) is 32.6 Å². The van der Waals surface area contributed by atoms with E-state index < -0.39 is 11.9 Å². The number of nitrogens with zero attached hydrogens (tertiary/aromatic N) is 2. The summed E-state index contributed by atoms with van der Waals surface area (Å²) < 4.78 is 11.1. The number of rotatable bonds is 15. The maximum Gasteiger partial charge on any atom is 0.308 e. The van der Waals surface area contributed by atoms with Crippen LogP contribution in [0.1, 0.15) is 84.1 Å². The Morgan fingerprint density at radius 3 is 2.51 bits per heavy atom. The minimum absolute atomic E-state index is 0.0266. The smallest absolute Gasteiger partial charge is 0.308 e. The van der Waals surface area contributed by atoms with Gasteiger partial charge < -0.3 is 25.2 Å². The van der Waals surface area contributed by atoms with Crippen molar-refractivity contribution in [1.29, 1.82) is 0 Å². The average molecular weight is 518 g/mol. The lowest BCUT2D eigenvalue weighted by Gasteiger charge is -2.35. The van der Waals surface area contributed by atoms with Crippen LogP contribution in [-0.2, 0) is 9.59 Å². The summed E-state index contributed by atoms with van der Waals surface area (Å²) in [7, 11) is 0. The van der Waals surface area contributed by atoms with Crippen LogP contribution in [0, 0.1) is 11.3 Å². The Morgan fingerprint density at radius 1 is 1.11 bits per heavy atom.